The van der Waals surface area contributed by atoms with Gasteiger partial charge >= 0.3 is 0 Å². The number of benzene rings is 3. The van der Waals surface area contributed by atoms with Crippen LogP contribution in [0.15, 0.2) is 84.0 Å². The molecule has 4 aromatic rings. The van der Waals surface area contributed by atoms with E-state index >= 15 is 0 Å². The standard InChI is InChI=1S/C24H20FN5O3S/c1-16(26-23(31)18-8-5-9-19(25)14-18)22-27-28-24(34-15-17-6-3-2-4-7-17)29(22)20-10-12-21(13-11-20)30(32)33/h2-14,16H,15H2,1H3,(H,26,31). The van der Waals surface area contributed by atoms with Crippen molar-refractivity contribution in [2.75, 3.05) is 0 Å². The van der Waals surface area contributed by atoms with Gasteiger partial charge in [0, 0.05) is 29.1 Å². The minimum Gasteiger partial charge on any atom is -0.342 e. The number of non-ortho nitro benzene ring substituents is 1. The number of hydrogen-bond donors (Lipinski definition) is 1. The molecule has 34 heavy (non-hydrogen) atoms. The third-order valence-corrected chi connectivity index (χ3v) is 6.01. The lowest BCUT2D eigenvalue weighted by Crippen LogP contribution is -2.28. The second kappa shape index (κ2) is 10.3. The zero-order valence-electron chi connectivity index (χ0n) is 18.1. The number of hydrogen-bond acceptors (Lipinski definition) is 6. The van der Waals surface area contributed by atoms with E-state index < -0.39 is 22.7 Å². The Bertz CT molecular complexity index is 1310. The molecule has 0 radical (unpaired) electrons. The molecule has 0 aliphatic rings. The van der Waals surface area contributed by atoms with Crippen molar-refractivity contribution in [3.63, 3.8) is 0 Å². The van der Waals surface area contributed by atoms with Crippen LogP contribution in [0.25, 0.3) is 5.69 Å². The van der Waals surface area contributed by atoms with Gasteiger partial charge in [0.1, 0.15) is 5.82 Å². The number of nitro benzene ring substituents is 1. The van der Waals surface area contributed by atoms with Gasteiger partial charge in [0.15, 0.2) is 11.0 Å². The van der Waals surface area contributed by atoms with Gasteiger partial charge in [-0.2, -0.15) is 0 Å². The van der Waals surface area contributed by atoms with Crippen molar-refractivity contribution in [3.8, 4) is 5.69 Å². The average Bonchev–Trinajstić information content (AvgIpc) is 3.27. The fraction of sp³-hybridized carbons (Fsp3) is 0.125. The van der Waals surface area contributed by atoms with Gasteiger partial charge in [-0.15, -0.1) is 10.2 Å². The zero-order valence-corrected chi connectivity index (χ0v) is 18.9. The molecule has 0 saturated carbocycles. The molecule has 3 aromatic carbocycles. The van der Waals surface area contributed by atoms with Crippen LogP contribution in [0.3, 0.4) is 0 Å². The minimum atomic E-state index is -0.579. The van der Waals surface area contributed by atoms with Gasteiger partial charge in [0.05, 0.1) is 11.0 Å². The van der Waals surface area contributed by atoms with E-state index in [0.717, 1.165) is 11.6 Å². The molecule has 4 rings (SSSR count). The quantitative estimate of drug-likeness (QED) is 0.215. The van der Waals surface area contributed by atoms with Gasteiger partial charge in [0.25, 0.3) is 11.6 Å². The summed E-state index contributed by atoms with van der Waals surface area (Å²) in [5, 5.41) is 23.1. The first-order chi connectivity index (χ1) is 16.4. The number of carbonyl (C=O) groups excluding carboxylic acids is 1. The Morgan fingerprint density at radius 1 is 1.09 bits per heavy atom. The van der Waals surface area contributed by atoms with Crippen LogP contribution in [0.1, 0.15) is 34.7 Å². The van der Waals surface area contributed by atoms with E-state index in [1.165, 1.54) is 42.1 Å². The summed E-state index contributed by atoms with van der Waals surface area (Å²) in [5.41, 5.74) is 1.86. The molecule has 1 amide bonds. The van der Waals surface area contributed by atoms with Crippen LogP contribution >= 0.6 is 11.8 Å². The molecular formula is C24H20FN5O3S. The number of rotatable bonds is 8. The van der Waals surface area contributed by atoms with Crippen LogP contribution in [-0.4, -0.2) is 25.6 Å². The summed E-state index contributed by atoms with van der Waals surface area (Å²) in [6.45, 7) is 1.74. The van der Waals surface area contributed by atoms with E-state index in [0.29, 0.717) is 22.4 Å². The lowest BCUT2D eigenvalue weighted by atomic mass is 10.2. The van der Waals surface area contributed by atoms with Crippen molar-refractivity contribution in [2.24, 2.45) is 0 Å². The maximum absolute atomic E-state index is 13.5. The highest BCUT2D eigenvalue weighted by Gasteiger charge is 2.22. The largest absolute Gasteiger partial charge is 0.342 e. The molecule has 0 bridgehead atoms. The molecular weight excluding hydrogens is 457 g/mol. The van der Waals surface area contributed by atoms with Gasteiger partial charge in [-0.1, -0.05) is 48.2 Å². The highest BCUT2D eigenvalue weighted by molar-refractivity contribution is 7.98. The van der Waals surface area contributed by atoms with Crippen LogP contribution in [0.5, 0.6) is 0 Å². The molecule has 10 heteroatoms. The van der Waals surface area contributed by atoms with Crippen molar-refractivity contribution in [1.29, 1.82) is 0 Å². The van der Waals surface area contributed by atoms with Gasteiger partial charge in [0.2, 0.25) is 0 Å². The third-order valence-electron chi connectivity index (χ3n) is 5.01. The fourth-order valence-electron chi connectivity index (χ4n) is 3.32. The summed E-state index contributed by atoms with van der Waals surface area (Å²) in [4.78, 5) is 23.3. The predicted molar refractivity (Wildman–Crippen MR) is 126 cm³/mol. The fourth-order valence-corrected chi connectivity index (χ4v) is 4.23. The summed E-state index contributed by atoms with van der Waals surface area (Å²) >= 11 is 1.45. The molecule has 0 saturated heterocycles. The maximum Gasteiger partial charge on any atom is 0.269 e. The Balaban J connectivity index is 1.64. The van der Waals surface area contributed by atoms with Crippen molar-refractivity contribution < 1.29 is 14.1 Å². The second-order valence-electron chi connectivity index (χ2n) is 7.43. The number of carbonyl (C=O) groups is 1. The molecule has 0 aliphatic carbocycles. The SMILES string of the molecule is CC(NC(=O)c1cccc(F)c1)c1nnc(SCc2ccccc2)n1-c1ccc([N+](=O)[O-])cc1. The first-order valence-electron chi connectivity index (χ1n) is 10.4. The topological polar surface area (TPSA) is 103 Å². The van der Waals surface area contributed by atoms with E-state index in [4.69, 9.17) is 0 Å². The van der Waals surface area contributed by atoms with E-state index in [1.807, 2.05) is 30.3 Å². The Morgan fingerprint density at radius 2 is 1.82 bits per heavy atom. The summed E-state index contributed by atoms with van der Waals surface area (Å²) in [7, 11) is 0. The summed E-state index contributed by atoms with van der Waals surface area (Å²) in [5.74, 6) is 0.113. The van der Waals surface area contributed by atoms with Crippen molar-refractivity contribution in [2.45, 2.75) is 23.9 Å². The van der Waals surface area contributed by atoms with Crippen LogP contribution < -0.4 is 5.32 Å². The van der Waals surface area contributed by atoms with Gasteiger partial charge in [-0.25, -0.2) is 4.39 Å². The Morgan fingerprint density at radius 3 is 2.50 bits per heavy atom. The number of halogens is 1. The van der Waals surface area contributed by atoms with Crippen LogP contribution in [0.4, 0.5) is 10.1 Å². The summed E-state index contributed by atoms with van der Waals surface area (Å²) in [6.07, 6.45) is 0. The molecule has 1 unspecified atom stereocenters. The van der Waals surface area contributed by atoms with Gasteiger partial charge < -0.3 is 5.32 Å². The average molecular weight is 478 g/mol. The Hall–Kier alpha value is -4.05. The Labute approximate surface area is 199 Å². The molecule has 172 valence electrons. The van der Waals surface area contributed by atoms with Crippen molar-refractivity contribution >= 4 is 23.4 Å². The van der Waals surface area contributed by atoms with Crippen LogP contribution in [0, 0.1) is 15.9 Å². The molecule has 1 heterocycles. The lowest BCUT2D eigenvalue weighted by Gasteiger charge is -2.16. The molecule has 1 N–H and O–H groups in total. The summed E-state index contributed by atoms with van der Waals surface area (Å²) in [6, 6.07) is 20.7. The number of amides is 1. The third kappa shape index (κ3) is 5.29. The van der Waals surface area contributed by atoms with Gasteiger partial charge in [-0.3, -0.25) is 19.5 Å². The number of nitro groups is 1. The second-order valence-corrected chi connectivity index (χ2v) is 8.37. The van der Waals surface area contributed by atoms with Gasteiger partial charge in [-0.05, 0) is 42.8 Å². The zero-order chi connectivity index (χ0) is 24.1. The van der Waals surface area contributed by atoms with E-state index in [2.05, 4.69) is 15.5 Å². The van der Waals surface area contributed by atoms with E-state index in [-0.39, 0.29) is 11.3 Å². The molecule has 0 aliphatic heterocycles. The van der Waals surface area contributed by atoms with E-state index in [9.17, 15) is 19.3 Å². The molecule has 8 nitrogen and oxygen atoms in total. The van der Waals surface area contributed by atoms with Crippen molar-refractivity contribution in [1.82, 2.24) is 20.1 Å². The first-order valence-corrected chi connectivity index (χ1v) is 11.3. The molecule has 0 spiro atoms. The highest BCUT2D eigenvalue weighted by atomic mass is 32.2. The normalized spacial score (nSPS) is 11.7. The lowest BCUT2D eigenvalue weighted by molar-refractivity contribution is -0.384. The smallest absolute Gasteiger partial charge is 0.269 e. The minimum absolute atomic E-state index is 0.0377. The molecule has 1 aromatic heterocycles. The van der Waals surface area contributed by atoms with Crippen LogP contribution in [0.2, 0.25) is 0 Å². The number of aromatic nitrogens is 3. The summed E-state index contributed by atoms with van der Waals surface area (Å²) < 4.78 is 15.3. The monoisotopic (exact) mass is 477 g/mol. The van der Waals surface area contributed by atoms with E-state index in [1.54, 1.807) is 23.6 Å². The number of nitrogens with zero attached hydrogens (tertiary/aromatic N) is 4. The maximum atomic E-state index is 13.5. The highest BCUT2D eigenvalue weighted by Crippen LogP contribution is 2.28. The molecule has 1 atom stereocenters. The first kappa shape index (κ1) is 23.1. The number of nitrogens with one attached hydrogen (secondary N) is 1. The number of thioether (sulfide) groups is 1. The Kier molecular flexibility index (Phi) is 6.98. The van der Waals surface area contributed by atoms with Crippen LogP contribution in [-0.2, 0) is 5.75 Å². The predicted octanol–water partition coefficient (Wildman–Crippen LogP) is 5.10. The van der Waals surface area contributed by atoms with Crippen molar-refractivity contribution in [3.05, 3.63) is 112 Å². The molecule has 0 fully saturated rings.